The third-order valence-electron chi connectivity index (χ3n) is 4.20. The van der Waals surface area contributed by atoms with Crippen LogP contribution in [0.5, 0.6) is 0 Å². The van der Waals surface area contributed by atoms with E-state index in [9.17, 15) is 8.42 Å². The topological polar surface area (TPSA) is 58.2 Å². The molecule has 0 bridgehead atoms. The number of hydrogen-bond acceptors (Lipinski definition) is 3. The van der Waals surface area contributed by atoms with E-state index in [0.717, 1.165) is 11.3 Å². The number of nitrogens with one attached hydrogen (secondary N) is 2. The molecule has 0 unspecified atom stereocenters. The van der Waals surface area contributed by atoms with Crippen molar-refractivity contribution >= 4 is 27.3 Å². The second-order valence-corrected chi connectivity index (χ2v) is 8.48. The first kappa shape index (κ1) is 19.4. The Labute approximate surface area is 165 Å². The van der Waals surface area contributed by atoms with Gasteiger partial charge in [-0.05, 0) is 48.9 Å². The minimum Gasteiger partial charge on any atom is -0.377 e. The maximum absolute atomic E-state index is 12.6. The lowest BCUT2D eigenvalue weighted by Crippen LogP contribution is -2.31. The first-order chi connectivity index (χ1) is 12.9. The Hall–Kier alpha value is -2.34. The molecule has 3 rings (SSSR count). The highest BCUT2D eigenvalue weighted by molar-refractivity contribution is 7.89. The van der Waals surface area contributed by atoms with Crippen LogP contribution in [0.25, 0.3) is 0 Å². The SMILES string of the molecule is Cc1ccc(N[C@@H](CNS(=O)(=O)c2ccc(Cl)cc2)c2ccccc2)cc1. The molecule has 3 aromatic carbocycles. The molecule has 1 atom stereocenters. The largest absolute Gasteiger partial charge is 0.377 e. The van der Waals surface area contributed by atoms with Crippen LogP contribution in [0.1, 0.15) is 17.2 Å². The van der Waals surface area contributed by atoms with Gasteiger partial charge in [0, 0.05) is 17.3 Å². The van der Waals surface area contributed by atoms with Crippen LogP contribution in [0, 0.1) is 6.92 Å². The van der Waals surface area contributed by atoms with Crippen LogP contribution in [0.3, 0.4) is 0 Å². The molecule has 0 saturated carbocycles. The van der Waals surface area contributed by atoms with Gasteiger partial charge in [0.05, 0.1) is 10.9 Å². The Kier molecular flexibility index (Phi) is 6.16. The van der Waals surface area contributed by atoms with E-state index in [-0.39, 0.29) is 17.5 Å². The van der Waals surface area contributed by atoms with E-state index in [4.69, 9.17) is 11.6 Å². The Bertz CT molecular complexity index is 973. The van der Waals surface area contributed by atoms with Gasteiger partial charge in [0.15, 0.2) is 0 Å². The summed E-state index contributed by atoms with van der Waals surface area (Å²) in [4.78, 5) is 0.189. The van der Waals surface area contributed by atoms with Crippen LogP contribution < -0.4 is 10.0 Å². The van der Waals surface area contributed by atoms with Crippen molar-refractivity contribution in [2.75, 3.05) is 11.9 Å². The minimum absolute atomic E-state index is 0.189. The summed E-state index contributed by atoms with van der Waals surface area (Å²) in [5.74, 6) is 0. The van der Waals surface area contributed by atoms with Crippen molar-refractivity contribution in [2.45, 2.75) is 17.9 Å². The zero-order valence-corrected chi connectivity index (χ0v) is 16.5. The van der Waals surface area contributed by atoms with Gasteiger partial charge >= 0.3 is 0 Å². The van der Waals surface area contributed by atoms with E-state index < -0.39 is 10.0 Å². The number of hydrogen-bond donors (Lipinski definition) is 2. The van der Waals surface area contributed by atoms with Gasteiger partial charge in [-0.2, -0.15) is 0 Å². The van der Waals surface area contributed by atoms with Crippen LogP contribution in [0.4, 0.5) is 5.69 Å². The fraction of sp³-hybridized carbons (Fsp3) is 0.143. The Morgan fingerprint density at radius 3 is 2.15 bits per heavy atom. The van der Waals surface area contributed by atoms with Crippen LogP contribution in [0.15, 0.2) is 83.8 Å². The quantitative estimate of drug-likeness (QED) is 0.600. The number of rotatable bonds is 7. The molecule has 0 aromatic heterocycles. The molecule has 0 radical (unpaired) electrons. The lowest BCUT2D eigenvalue weighted by molar-refractivity contribution is 0.576. The lowest BCUT2D eigenvalue weighted by Gasteiger charge is -2.21. The highest BCUT2D eigenvalue weighted by Crippen LogP contribution is 2.21. The Balaban J connectivity index is 1.79. The first-order valence-electron chi connectivity index (χ1n) is 8.57. The van der Waals surface area contributed by atoms with Crippen molar-refractivity contribution in [1.29, 1.82) is 0 Å². The monoisotopic (exact) mass is 400 g/mol. The fourth-order valence-corrected chi connectivity index (χ4v) is 3.85. The predicted molar refractivity (Wildman–Crippen MR) is 111 cm³/mol. The second-order valence-electron chi connectivity index (χ2n) is 6.28. The van der Waals surface area contributed by atoms with Crippen molar-refractivity contribution in [3.8, 4) is 0 Å². The fourth-order valence-electron chi connectivity index (χ4n) is 2.68. The maximum atomic E-state index is 12.6. The summed E-state index contributed by atoms with van der Waals surface area (Å²) >= 11 is 5.85. The van der Waals surface area contributed by atoms with Gasteiger partial charge in [-0.25, -0.2) is 13.1 Å². The average Bonchev–Trinajstić information content (AvgIpc) is 2.68. The van der Waals surface area contributed by atoms with Crippen molar-refractivity contribution in [1.82, 2.24) is 4.72 Å². The number of sulfonamides is 1. The van der Waals surface area contributed by atoms with Crippen molar-refractivity contribution in [2.24, 2.45) is 0 Å². The predicted octanol–water partition coefficient (Wildman–Crippen LogP) is 4.78. The smallest absolute Gasteiger partial charge is 0.240 e. The molecule has 4 nitrogen and oxygen atoms in total. The molecule has 0 amide bonds. The highest BCUT2D eigenvalue weighted by atomic mass is 35.5. The number of halogens is 1. The normalized spacial score (nSPS) is 12.5. The van der Waals surface area contributed by atoms with Crippen LogP contribution in [0.2, 0.25) is 5.02 Å². The van der Waals surface area contributed by atoms with Gasteiger partial charge in [0.1, 0.15) is 0 Å². The van der Waals surface area contributed by atoms with E-state index in [2.05, 4.69) is 10.0 Å². The zero-order valence-electron chi connectivity index (χ0n) is 14.9. The van der Waals surface area contributed by atoms with Crippen molar-refractivity contribution in [3.05, 3.63) is 95.0 Å². The van der Waals surface area contributed by atoms with Crippen LogP contribution in [-0.4, -0.2) is 15.0 Å². The third kappa shape index (κ3) is 5.32. The summed E-state index contributed by atoms with van der Waals surface area (Å²) < 4.78 is 27.9. The molecule has 3 aromatic rings. The molecule has 140 valence electrons. The summed E-state index contributed by atoms with van der Waals surface area (Å²) in [5.41, 5.74) is 3.09. The zero-order chi connectivity index (χ0) is 19.3. The second kappa shape index (κ2) is 8.57. The molecule has 0 spiro atoms. The van der Waals surface area contributed by atoms with Crippen molar-refractivity contribution < 1.29 is 8.42 Å². The maximum Gasteiger partial charge on any atom is 0.240 e. The van der Waals surface area contributed by atoms with E-state index in [1.165, 1.54) is 17.7 Å². The summed E-state index contributed by atoms with van der Waals surface area (Å²) in [6, 6.07) is 23.7. The van der Waals surface area contributed by atoms with Gasteiger partial charge in [0.25, 0.3) is 0 Å². The average molecular weight is 401 g/mol. The molecule has 0 saturated heterocycles. The molecule has 27 heavy (non-hydrogen) atoms. The lowest BCUT2D eigenvalue weighted by atomic mass is 10.1. The van der Waals surface area contributed by atoms with Gasteiger partial charge in [-0.15, -0.1) is 0 Å². The van der Waals surface area contributed by atoms with E-state index in [0.29, 0.717) is 5.02 Å². The van der Waals surface area contributed by atoms with Gasteiger partial charge in [-0.3, -0.25) is 0 Å². The summed E-state index contributed by atoms with van der Waals surface area (Å²) in [5, 5.41) is 3.90. The molecular formula is C21H21ClN2O2S. The summed E-state index contributed by atoms with van der Waals surface area (Å²) in [7, 11) is -3.63. The first-order valence-corrected chi connectivity index (χ1v) is 10.4. The Morgan fingerprint density at radius 2 is 1.52 bits per heavy atom. The molecule has 0 aliphatic heterocycles. The summed E-state index contributed by atoms with van der Waals surface area (Å²) in [6.07, 6.45) is 0. The van der Waals surface area contributed by atoms with E-state index >= 15 is 0 Å². The van der Waals surface area contributed by atoms with Gasteiger partial charge in [0.2, 0.25) is 10.0 Å². The number of aryl methyl sites for hydroxylation is 1. The van der Waals surface area contributed by atoms with Crippen LogP contribution in [-0.2, 0) is 10.0 Å². The van der Waals surface area contributed by atoms with E-state index in [1.54, 1.807) is 12.1 Å². The molecule has 0 heterocycles. The van der Waals surface area contributed by atoms with Gasteiger partial charge in [-0.1, -0.05) is 59.6 Å². The molecular weight excluding hydrogens is 380 g/mol. The molecule has 2 N–H and O–H groups in total. The van der Waals surface area contributed by atoms with E-state index in [1.807, 2.05) is 61.5 Å². The molecule has 0 fully saturated rings. The van der Waals surface area contributed by atoms with Gasteiger partial charge < -0.3 is 5.32 Å². The van der Waals surface area contributed by atoms with Crippen molar-refractivity contribution in [3.63, 3.8) is 0 Å². The highest BCUT2D eigenvalue weighted by Gasteiger charge is 2.18. The molecule has 0 aliphatic carbocycles. The molecule has 0 aliphatic rings. The minimum atomic E-state index is -3.63. The number of benzene rings is 3. The number of anilines is 1. The van der Waals surface area contributed by atoms with Crippen LogP contribution >= 0.6 is 11.6 Å². The Morgan fingerprint density at radius 1 is 0.889 bits per heavy atom. The summed E-state index contributed by atoms with van der Waals surface area (Å²) in [6.45, 7) is 2.24. The standard InChI is InChI=1S/C21H21ClN2O2S/c1-16-7-11-19(12-8-16)24-21(17-5-3-2-4-6-17)15-23-27(25,26)20-13-9-18(22)10-14-20/h2-14,21,23-24H,15H2,1H3/t21-/m0/s1. The third-order valence-corrected chi connectivity index (χ3v) is 5.89. The molecule has 6 heteroatoms.